The molecule has 152 valence electrons. The van der Waals surface area contributed by atoms with Gasteiger partial charge in [0, 0.05) is 31.0 Å². The van der Waals surface area contributed by atoms with Gasteiger partial charge in [-0.2, -0.15) is 0 Å². The van der Waals surface area contributed by atoms with Gasteiger partial charge in [0.05, 0.1) is 0 Å². The number of carbonyl (C=O) groups is 4. The highest BCUT2D eigenvalue weighted by Crippen LogP contribution is 2.42. The first-order valence-corrected chi connectivity index (χ1v) is 9.26. The number of likely N-dealkylation sites (N-methyl/N-ethyl adjacent to an activating group) is 1. The lowest BCUT2D eigenvalue weighted by Crippen LogP contribution is -2.54. The summed E-state index contributed by atoms with van der Waals surface area (Å²) < 4.78 is 9.76. The van der Waals surface area contributed by atoms with E-state index in [1.54, 1.807) is 24.3 Å². The molecule has 0 heterocycles. The molecule has 1 N–H and O–H groups in total. The molecule has 1 aromatic carbocycles. The molecular weight excluding hydrogens is 388 g/mol. The number of halogens is 1. The molecule has 2 amide bonds. The van der Waals surface area contributed by atoms with E-state index in [1.807, 2.05) is 0 Å². The Morgan fingerprint density at radius 1 is 1.21 bits per heavy atom. The Bertz CT molecular complexity index is 769. The first kappa shape index (κ1) is 21.7. The second kappa shape index (κ2) is 9.54. The number of rotatable bonds is 6. The van der Waals surface area contributed by atoms with Gasteiger partial charge in [-0.05, 0) is 25.3 Å². The molecule has 0 unspecified atom stereocenters. The van der Waals surface area contributed by atoms with Crippen molar-refractivity contribution in [3.05, 3.63) is 34.9 Å². The van der Waals surface area contributed by atoms with Crippen LogP contribution in [-0.4, -0.2) is 49.0 Å². The van der Waals surface area contributed by atoms with E-state index in [0.717, 1.165) is 12.8 Å². The number of esters is 1. The molecule has 2 rings (SSSR count). The summed E-state index contributed by atoms with van der Waals surface area (Å²) >= 11 is 6.33. The van der Waals surface area contributed by atoms with Gasteiger partial charge in [-0.25, -0.2) is 4.79 Å². The summed E-state index contributed by atoms with van der Waals surface area (Å²) in [5.41, 5.74) is -0.683. The van der Waals surface area contributed by atoms with Crippen molar-refractivity contribution in [2.24, 2.45) is 0 Å². The minimum Gasteiger partial charge on any atom is -0.426 e. The van der Waals surface area contributed by atoms with Crippen LogP contribution in [-0.2, 0) is 29.4 Å². The lowest BCUT2D eigenvalue weighted by molar-refractivity contribution is -0.153. The molecule has 28 heavy (non-hydrogen) atoms. The first-order valence-electron chi connectivity index (χ1n) is 8.88. The average Bonchev–Trinajstić information content (AvgIpc) is 2.67. The molecule has 9 heteroatoms. The summed E-state index contributed by atoms with van der Waals surface area (Å²) in [6.45, 7) is 0.302. The van der Waals surface area contributed by atoms with E-state index < -0.39 is 24.4 Å². The molecule has 0 radical (unpaired) electrons. The number of ether oxygens (including phenoxy) is 2. The summed E-state index contributed by atoms with van der Waals surface area (Å²) in [5.74, 6) is -1.25. The Morgan fingerprint density at radius 2 is 1.93 bits per heavy atom. The molecule has 0 aromatic heterocycles. The van der Waals surface area contributed by atoms with E-state index in [2.05, 4.69) is 5.32 Å². The van der Waals surface area contributed by atoms with E-state index in [0.29, 0.717) is 23.4 Å². The maximum atomic E-state index is 12.9. The lowest BCUT2D eigenvalue weighted by Gasteiger charge is -2.43. The topological polar surface area (TPSA) is 102 Å². The van der Waals surface area contributed by atoms with Gasteiger partial charge in [0.2, 0.25) is 12.7 Å². The van der Waals surface area contributed by atoms with Gasteiger partial charge in [0.15, 0.2) is 5.78 Å². The van der Waals surface area contributed by atoms with Crippen LogP contribution in [0, 0.1) is 0 Å². The molecule has 1 aliphatic carbocycles. The summed E-state index contributed by atoms with van der Waals surface area (Å²) in [7, 11) is 1.47. The smallest absolute Gasteiger partial charge is 0.413 e. The van der Waals surface area contributed by atoms with Gasteiger partial charge < -0.3 is 14.8 Å². The van der Waals surface area contributed by atoms with Gasteiger partial charge >= 0.3 is 12.1 Å². The van der Waals surface area contributed by atoms with E-state index >= 15 is 0 Å². The Hall–Kier alpha value is -2.61. The molecule has 1 aliphatic rings. The number of Topliss-reactive ketones (excluding diaryl/α,β-unsaturated/α-hetero) is 1. The molecule has 0 bridgehead atoms. The zero-order valence-electron chi connectivity index (χ0n) is 15.8. The molecule has 0 aliphatic heterocycles. The number of amides is 2. The molecule has 0 saturated heterocycles. The molecule has 8 nitrogen and oxygen atoms in total. The van der Waals surface area contributed by atoms with E-state index in [-0.39, 0.29) is 18.2 Å². The predicted molar refractivity (Wildman–Crippen MR) is 100 cm³/mol. The third-order valence-corrected chi connectivity index (χ3v) is 5.03. The Balaban J connectivity index is 2.11. The molecule has 1 fully saturated rings. The third-order valence-electron chi connectivity index (χ3n) is 4.70. The lowest BCUT2D eigenvalue weighted by atomic mass is 9.74. The summed E-state index contributed by atoms with van der Waals surface area (Å²) in [6.07, 6.45) is 1.43. The largest absolute Gasteiger partial charge is 0.426 e. The van der Waals surface area contributed by atoms with Gasteiger partial charge in [0.1, 0.15) is 12.1 Å². The van der Waals surface area contributed by atoms with Gasteiger partial charge in [-0.3, -0.25) is 19.3 Å². The predicted octanol–water partition coefficient (Wildman–Crippen LogP) is 2.38. The van der Waals surface area contributed by atoms with Crippen molar-refractivity contribution >= 4 is 35.4 Å². The number of nitrogens with one attached hydrogen (secondary N) is 1. The van der Waals surface area contributed by atoms with E-state index in [1.165, 1.54) is 18.9 Å². The third kappa shape index (κ3) is 4.81. The minimum atomic E-state index is -1.23. The molecule has 1 atom stereocenters. The van der Waals surface area contributed by atoms with Gasteiger partial charge in [0.25, 0.3) is 0 Å². The van der Waals surface area contributed by atoms with E-state index in [9.17, 15) is 19.2 Å². The number of benzene rings is 1. The Kier molecular flexibility index (Phi) is 7.39. The number of hydrogen-bond donors (Lipinski definition) is 1. The summed E-state index contributed by atoms with van der Waals surface area (Å²) in [5, 5.41) is 2.66. The zero-order valence-corrected chi connectivity index (χ0v) is 16.6. The SMILES string of the molecule is CC(=O)NCC(=O)OCOC(=O)N(C)[C@]1(c2ccccc2Cl)CCCCC1=O. The maximum absolute atomic E-state index is 12.9. The van der Waals surface area contributed by atoms with Crippen LogP contribution in [0.4, 0.5) is 4.79 Å². The highest BCUT2D eigenvalue weighted by Gasteiger charge is 2.48. The van der Waals surface area contributed by atoms with Crippen molar-refractivity contribution in [3.8, 4) is 0 Å². The van der Waals surface area contributed by atoms with Crippen molar-refractivity contribution in [1.29, 1.82) is 0 Å². The van der Waals surface area contributed by atoms with Gasteiger partial charge in [-0.1, -0.05) is 29.8 Å². The van der Waals surface area contributed by atoms with E-state index in [4.69, 9.17) is 21.1 Å². The first-order chi connectivity index (χ1) is 13.3. The van der Waals surface area contributed by atoms with Gasteiger partial charge in [-0.15, -0.1) is 0 Å². The van der Waals surface area contributed by atoms with Crippen LogP contribution >= 0.6 is 11.6 Å². The van der Waals surface area contributed by atoms with Crippen molar-refractivity contribution in [1.82, 2.24) is 10.2 Å². The van der Waals surface area contributed by atoms with Crippen LogP contribution in [0.5, 0.6) is 0 Å². The summed E-state index contributed by atoms with van der Waals surface area (Å²) in [4.78, 5) is 48.9. The summed E-state index contributed by atoms with van der Waals surface area (Å²) in [6, 6.07) is 6.90. The second-order valence-electron chi connectivity index (χ2n) is 6.48. The van der Waals surface area contributed by atoms with Crippen molar-refractivity contribution in [3.63, 3.8) is 0 Å². The normalized spacial score (nSPS) is 18.9. The average molecular weight is 411 g/mol. The van der Waals surface area contributed by atoms with Crippen LogP contribution in [0.25, 0.3) is 0 Å². The van der Waals surface area contributed by atoms with Crippen molar-refractivity contribution in [2.45, 2.75) is 38.1 Å². The molecule has 1 aromatic rings. The van der Waals surface area contributed by atoms with Crippen molar-refractivity contribution in [2.75, 3.05) is 20.4 Å². The number of carbonyl (C=O) groups excluding carboxylic acids is 4. The highest BCUT2D eigenvalue weighted by molar-refractivity contribution is 6.31. The molecule has 0 spiro atoms. The Morgan fingerprint density at radius 3 is 2.57 bits per heavy atom. The zero-order chi connectivity index (χ0) is 20.7. The molecular formula is C19H23ClN2O6. The maximum Gasteiger partial charge on any atom is 0.413 e. The van der Waals surface area contributed by atoms with Crippen LogP contribution in [0.15, 0.2) is 24.3 Å². The number of nitrogens with zero attached hydrogens (tertiary/aromatic N) is 1. The standard InChI is InChI=1S/C19H23ClN2O6/c1-13(23)21-11-17(25)27-12-28-18(26)22(2)19(10-6-5-9-16(19)24)14-7-3-4-8-15(14)20/h3-4,7-8H,5-6,9-12H2,1-2H3,(H,21,23)/t19-/m0/s1. The van der Waals surface area contributed by atoms with Crippen LogP contribution in [0.3, 0.4) is 0 Å². The fourth-order valence-electron chi connectivity index (χ4n) is 3.28. The fraction of sp³-hybridized carbons (Fsp3) is 0.474. The van der Waals surface area contributed by atoms with Crippen LogP contribution < -0.4 is 5.32 Å². The van der Waals surface area contributed by atoms with Crippen LogP contribution in [0.2, 0.25) is 5.02 Å². The fourth-order valence-corrected chi connectivity index (χ4v) is 3.57. The quantitative estimate of drug-likeness (QED) is 0.570. The number of hydrogen-bond acceptors (Lipinski definition) is 6. The second-order valence-corrected chi connectivity index (χ2v) is 6.89. The monoisotopic (exact) mass is 410 g/mol. The van der Waals surface area contributed by atoms with Crippen LogP contribution in [0.1, 0.15) is 38.2 Å². The highest BCUT2D eigenvalue weighted by atomic mass is 35.5. The number of ketones is 1. The molecule has 1 saturated carbocycles. The van der Waals surface area contributed by atoms with Crippen molar-refractivity contribution < 1.29 is 28.7 Å². The minimum absolute atomic E-state index is 0.117. The Labute approximate surface area is 168 Å².